The fraction of sp³-hybridized carbons (Fsp3) is 0.500. The number of β-amino-alcohol motifs (C(OH)–C–C–N with tert-alkyl or cyclic N) is 1. The third-order valence-corrected chi connectivity index (χ3v) is 5.78. The molecule has 1 fully saturated rings. The van der Waals surface area contributed by atoms with Crippen molar-refractivity contribution in [2.45, 2.75) is 22.7 Å². The molecule has 0 saturated carbocycles. The minimum atomic E-state index is -1.47. The molecular weight excluding hydrogens is 306 g/mol. The molecule has 106 valence electrons. The maximum atomic E-state index is 12.5. The van der Waals surface area contributed by atoms with Crippen molar-refractivity contribution in [2.24, 2.45) is 0 Å². The van der Waals surface area contributed by atoms with E-state index in [2.05, 4.69) is 12.6 Å². The smallest absolute Gasteiger partial charge is 0.129 e. The Morgan fingerprint density at radius 1 is 1.63 bits per heavy atom. The van der Waals surface area contributed by atoms with Gasteiger partial charge in [0.1, 0.15) is 16.6 Å². The van der Waals surface area contributed by atoms with E-state index in [0.29, 0.717) is 16.5 Å². The topological polar surface area (TPSA) is 60.8 Å². The average molecular weight is 322 g/mol. The van der Waals surface area contributed by atoms with Crippen molar-refractivity contribution >= 4 is 35.2 Å². The Hall–Kier alpha value is -0.110. The summed E-state index contributed by atoms with van der Waals surface area (Å²) in [6.07, 6.45) is 0. The first-order chi connectivity index (χ1) is 8.87. The van der Waals surface area contributed by atoms with Gasteiger partial charge >= 0.3 is 0 Å². The van der Waals surface area contributed by atoms with Gasteiger partial charge in [-0.05, 0) is 24.6 Å². The lowest BCUT2D eigenvalue weighted by Crippen LogP contribution is -2.42. The van der Waals surface area contributed by atoms with Gasteiger partial charge in [-0.15, -0.1) is 0 Å². The summed E-state index contributed by atoms with van der Waals surface area (Å²) in [6.45, 7) is 1.94. The highest BCUT2D eigenvalue weighted by Gasteiger charge is 2.45. The minimum absolute atomic E-state index is 0.106. The zero-order chi connectivity index (χ0) is 14.2. The van der Waals surface area contributed by atoms with Gasteiger partial charge in [0.2, 0.25) is 0 Å². The highest BCUT2D eigenvalue weighted by atomic mass is 35.5. The molecule has 2 unspecified atom stereocenters. The maximum absolute atomic E-state index is 12.5. The third kappa shape index (κ3) is 2.99. The summed E-state index contributed by atoms with van der Waals surface area (Å²) in [6, 6.07) is 5.31. The van der Waals surface area contributed by atoms with E-state index in [9.17, 15) is 14.4 Å². The predicted octanol–water partition coefficient (Wildman–Crippen LogP) is 1.01. The molecule has 3 atom stereocenters. The molecule has 0 spiro atoms. The number of hydrogen-bond donors (Lipinski definition) is 3. The second kappa shape index (κ2) is 5.71. The number of halogens is 1. The lowest BCUT2D eigenvalue weighted by Gasteiger charge is -2.23. The number of rotatable bonds is 3. The van der Waals surface area contributed by atoms with Crippen molar-refractivity contribution in [3.05, 3.63) is 28.8 Å². The molecule has 4 nitrogen and oxygen atoms in total. The quantitative estimate of drug-likeness (QED) is 0.728. The first-order valence-electron chi connectivity index (χ1n) is 5.81. The molecular formula is C12H16ClNO3S2. The molecule has 7 heteroatoms. The minimum Gasteiger partial charge on any atom is -0.393 e. The molecule has 1 aliphatic rings. The first kappa shape index (κ1) is 15.3. The van der Waals surface area contributed by atoms with E-state index >= 15 is 0 Å². The Bertz CT molecular complexity index is 514. The Morgan fingerprint density at radius 2 is 2.32 bits per heavy atom. The molecule has 1 heterocycles. The number of aryl methyl sites for hydroxylation is 1. The molecule has 1 aromatic rings. The summed E-state index contributed by atoms with van der Waals surface area (Å²) in [5.74, 6) is 0. The van der Waals surface area contributed by atoms with Gasteiger partial charge in [0.25, 0.3) is 0 Å². The Balaban J connectivity index is 2.22. The van der Waals surface area contributed by atoms with Crippen molar-refractivity contribution in [3.8, 4) is 0 Å². The summed E-state index contributed by atoms with van der Waals surface area (Å²) in [4.78, 5) is 0.509. The highest BCUT2D eigenvalue weighted by molar-refractivity contribution is 7.83. The Labute approximate surface area is 125 Å². The van der Waals surface area contributed by atoms with E-state index in [1.807, 2.05) is 13.0 Å². The number of nitrogens with zero attached hydrogens (tertiary/aromatic N) is 1. The van der Waals surface area contributed by atoms with E-state index in [-0.39, 0.29) is 6.54 Å². The summed E-state index contributed by atoms with van der Waals surface area (Å²) in [7, 11) is -1.47. The van der Waals surface area contributed by atoms with Gasteiger partial charge in [-0.25, -0.2) is 8.51 Å². The van der Waals surface area contributed by atoms with Crippen molar-refractivity contribution < 1.29 is 14.4 Å². The van der Waals surface area contributed by atoms with Gasteiger partial charge < -0.3 is 10.2 Å². The monoisotopic (exact) mass is 321 g/mol. The lowest BCUT2D eigenvalue weighted by molar-refractivity contribution is 0.00378. The molecule has 1 aliphatic heterocycles. The van der Waals surface area contributed by atoms with E-state index < -0.39 is 28.4 Å². The van der Waals surface area contributed by atoms with E-state index in [4.69, 9.17) is 11.6 Å². The zero-order valence-electron chi connectivity index (χ0n) is 10.4. The molecule has 0 aliphatic carbocycles. The van der Waals surface area contributed by atoms with Crippen LogP contribution in [0.5, 0.6) is 0 Å². The average Bonchev–Trinajstić information content (AvgIpc) is 2.66. The van der Waals surface area contributed by atoms with Crippen molar-refractivity contribution in [1.29, 1.82) is 0 Å². The second-order valence-electron chi connectivity index (χ2n) is 4.78. The normalized spacial score (nSPS) is 29.6. The summed E-state index contributed by atoms with van der Waals surface area (Å²) >= 11 is 10.3. The fourth-order valence-electron chi connectivity index (χ4n) is 2.01. The molecule has 0 amide bonds. The van der Waals surface area contributed by atoms with Crippen molar-refractivity contribution in [2.75, 3.05) is 19.7 Å². The van der Waals surface area contributed by atoms with Gasteiger partial charge in [-0.2, -0.15) is 12.6 Å². The molecule has 0 radical (unpaired) electrons. The second-order valence-corrected chi connectivity index (χ2v) is 7.27. The van der Waals surface area contributed by atoms with Crippen LogP contribution in [0.3, 0.4) is 0 Å². The zero-order valence-corrected chi connectivity index (χ0v) is 12.9. The van der Waals surface area contributed by atoms with Crippen LogP contribution in [0.2, 0.25) is 5.02 Å². The van der Waals surface area contributed by atoms with Crippen LogP contribution in [0.4, 0.5) is 0 Å². The van der Waals surface area contributed by atoms with Gasteiger partial charge in [0.15, 0.2) is 0 Å². The Morgan fingerprint density at radius 3 is 2.84 bits per heavy atom. The first-order valence-corrected chi connectivity index (χ1v) is 7.82. The number of aliphatic hydroxyl groups excluding tert-OH is 1. The fourth-order valence-corrected chi connectivity index (χ4v) is 4.22. The summed E-state index contributed by atoms with van der Waals surface area (Å²) < 4.78 is 14.0. The molecule has 1 aromatic carbocycles. The molecule has 0 bridgehead atoms. The molecule has 1 saturated heterocycles. The van der Waals surface area contributed by atoms with Gasteiger partial charge in [-0.3, -0.25) is 0 Å². The van der Waals surface area contributed by atoms with Crippen LogP contribution in [0.25, 0.3) is 0 Å². The SMILES string of the molecule is Cc1ccc(S(=O)N2CC(S)[C@@](O)(CO)C2)c(Cl)c1. The molecule has 2 rings (SSSR count). The van der Waals surface area contributed by atoms with Crippen molar-refractivity contribution in [3.63, 3.8) is 0 Å². The number of benzene rings is 1. The van der Waals surface area contributed by atoms with E-state index in [1.54, 1.807) is 16.4 Å². The third-order valence-electron chi connectivity index (χ3n) is 3.23. The largest absolute Gasteiger partial charge is 0.393 e. The number of hydrogen-bond acceptors (Lipinski definition) is 4. The van der Waals surface area contributed by atoms with Gasteiger partial charge in [0, 0.05) is 18.3 Å². The van der Waals surface area contributed by atoms with Gasteiger partial charge in [-0.1, -0.05) is 17.7 Å². The van der Waals surface area contributed by atoms with Crippen molar-refractivity contribution in [1.82, 2.24) is 4.31 Å². The highest BCUT2D eigenvalue weighted by Crippen LogP contribution is 2.31. The molecule has 19 heavy (non-hydrogen) atoms. The van der Waals surface area contributed by atoms with E-state index in [0.717, 1.165) is 5.56 Å². The van der Waals surface area contributed by atoms with Crippen LogP contribution in [0.15, 0.2) is 23.1 Å². The van der Waals surface area contributed by atoms with Crippen LogP contribution in [0.1, 0.15) is 5.56 Å². The molecule has 2 N–H and O–H groups in total. The van der Waals surface area contributed by atoms with Crippen LogP contribution in [-0.4, -0.2) is 49.3 Å². The van der Waals surface area contributed by atoms with Crippen LogP contribution >= 0.6 is 24.2 Å². The lowest BCUT2D eigenvalue weighted by atomic mass is 10.1. The maximum Gasteiger partial charge on any atom is 0.129 e. The summed E-state index contributed by atoms with van der Waals surface area (Å²) in [5.41, 5.74) is -0.332. The van der Waals surface area contributed by atoms with Crippen LogP contribution in [-0.2, 0) is 11.0 Å². The van der Waals surface area contributed by atoms with Gasteiger partial charge in [0.05, 0.1) is 16.5 Å². The van der Waals surface area contributed by atoms with Crippen LogP contribution < -0.4 is 0 Å². The number of thiol groups is 1. The Kier molecular flexibility index (Phi) is 4.59. The van der Waals surface area contributed by atoms with E-state index in [1.165, 1.54) is 0 Å². The standard InChI is InChI=1S/C12H16ClNO3S2/c1-8-2-3-10(9(13)4-8)19(17)14-5-11(18)12(16,6-14)7-15/h2-4,11,15-16,18H,5-7H2,1H3/t11?,12-,19?/m0/s1. The molecule has 0 aromatic heterocycles. The summed E-state index contributed by atoms with van der Waals surface area (Å²) in [5, 5.41) is 19.3. The predicted molar refractivity (Wildman–Crippen MR) is 79.0 cm³/mol. The van der Waals surface area contributed by atoms with Crippen LogP contribution in [0, 0.1) is 6.92 Å². The number of aliphatic hydroxyl groups is 2.